The Kier molecular flexibility index (Phi) is 3.58. The van der Waals surface area contributed by atoms with Crippen LogP contribution in [0, 0.1) is 0 Å². The molecule has 15 heavy (non-hydrogen) atoms. The lowest BCUT2D eigenvalue weighted by atomic mass is 10.1. The van der Waals surface area contributed by atoms with Crippen molar-refractivity contribution in [3.05, 3.63) is 24.3 Å². The summed E-state index contributed by atoms with van der Waals surface area (Å²) in [5, 5.41) is 9.68. The Hall–Kier alpha value is -1.22. The Morgan fingerprint density at radius 2 is 1.80 bits per heavy atom. The minimum Gasteiger partial charge on any atom is -0.497 e. The first kappa shape index (κ1) is 11.9. The highest BCUT2D eigenvalue weighted by Gasteiger charge is 2.15. The van der Waals surface area contributed by atoms with Crippen LogP contribution in [0.1, 0.15) is 13.8 Å². The highest BCUT2D eigenvalue weighted by atomic mass is 16.5. The standard InChI is InChI=1S/C12H19NO2/c1-12(2,14)9-13(3)10-5-7-11(15-4)8-6-10/h5-8,14H,9H2,1-4H3. The molecule has 1 N–H and O–H groups in total. The lowest BCUT2D eigenvalue weighted by Gasteiger charge is -2.27. The largest absolute Gasteiger partial charge is 0.497 e. The Labute approximate surface area is 91.3 Å². The minimum atomic E-state index is -0.686. The Bertz CT molecular complexity index is 300. The number of rotatable bonds is 4. The van der Waals surface area contributed by atoms with Crippen molar-refractivity contribution in [2.75, 3.05) is 25.6 Å². The maximum atomic E-state index is 9.68. The lowest BCUT2D eigenvalue weighted by molar-refractivity contribution is 0.0886. The van der Waals surface area contributed by atoms with Crippen LogP contribution in [0.5, 0.6) is 5.75 Å². The van der Waals surface area contributed by atoms with Gasteiger partial charge in [-0.25, -0.2) is 0 Å². The summed E-state index contributed by atoms with van der Waals surface area (Å²) in [6, 6.07) is 7.78. The van der Waals surface area contributed by atoms with Crippen LogP contribution in [0.15, 0.2) is 24.3 Å². The second kappa shape index (κ2) is 4.53. The molecule has 0 aromatic heterocycles. The summed E-state index contributed by atoms with van der Waals surface area (Å²) in [5.74, 6) is 0.843. The van der Waals surface area contributed by atoms with E-state index < -0.39 is 5.60 Å². The van der Waals surface area contributed by atoms with Gasteiger partial charge in [-0.05, 0) is 38.1 Å². The van der Waals surface area contributed by atoms with Crippen molar-refractivity contribution < 1.29 is 9.84 Å². The molecule has 0 aliphatic heterocycles. The van der Waals surface area contributed by atoms with Gasteiger partial charge >= 0.3 is 0 Å². The van der Waals surface area contributed by atoms with Gasteiger partial charge < -0.3 is 14.7 Å². The van der Waals surface area contributed by atoms with Gasteiger partial charge in [0.05, 0.1) is 12.7 Å². The fourth-order valence-electron chi connectivity index (χ4n) is 1.51. The highest BCUT2D eigenvalue weighted by molar-refractivity contribution is 5.48. The summed E-state index contributed by atoms with van der Waals surface area (Å²) in [7, 11) is 3.61. The molecule has 0 atom stereocenters. The van der Waals surface area contributed by atoms with Gasteiger partial charge in [-0.3, -0.25) is 0 Å². The van der Waals surface area contributed by atoms with E-state index in [-0.39, 0.29) is 0 Å². The van der Waals surface area contributed by atoms with E-state index in [2.05, 4.69) is 0 Å². The zero-order valence-electron chi connectivity index (χ0n) is 9.82. The average molecular weight is 209 g/mol. The van der Waals surface area contributed by atoms with E-state index in [4.69, 9.17) is 4.74 Å². The van der Waals surface area contributed by atoms with Gasteiger partial charge in [-0.2, -0.15) is 0 Å². The van der Waals surface area contributed by atoms with E-state index >= 15 is 0 Å². The molecule has 0 unspecified atom stereocenters. The predicted octanol–water partition coefficient (Wildman–Crippen LogP) is 1.90. The molecule has 1 aromatic rings. The molecule has 0 spiro atoms. The topological polar surface area (TPSA) is 32.7 Å². The fourth-order valence-corrected chi connectivity index (χ4v) is 1.51. The van der Waals surface area contributed by atoms with Crippen molar-refractivity contribution >= 4 is 5.69 Å². The van der Waals surface area contributed by atoms with Gasteiger partial charge in [0.2, 0.25) is 0 Å². The van der Waals surface area contributed by atoms with Crippen molar-refractivity contribution in [1.82, 2.24) is 0 Å². The van der Waals surface area contributed by atoms with Gasteiger partial charge in [0.25, 0.3) is 0 Å². The van der Waals surface area contributed by atoms with Gasteiger partial charge in [0.15, 0.2) is 0 Å². The number of benzene rings is 1. The number of methoxy groups -OCH3 is 1. The van der Waals surface area contributed by atoms with Crippen LogP contribution in [0.2, 0.25) is 0 Å². The molecule has 3 heteroatoms. The molecule has 0 saturated carbocycles. The van der Waals surface area contributed by atoms with E-state index in [1.807, 2.05) is 36.2 Å². The maximum Gasteiger partial charge on any atom is 0.119 e. The van der Waals surface area contributed by atoms with Gasteiger partial charge in [-0.1, -0.05) is 0 Å². The summed E-state index contributed by atoms with van der Waals surface area (Å²) in [5.41, 5.74) is 0.382. The van der Waals surface area contributed by atoms with Crippen LogP contribution in [-0.4, -0.2) is 31.4 Å². The number of hydrogen-bond acceptors (Lipinski definition) is 3. The molecule has 0 aliphatic carbocycles. The van der Waals surface area contributed by atoms with Crippen LogP contribution < -0.4 is 9.64 Å². The third kappa shape index (κ3) is 3.80. The third-order valence-electron chi connectivity index (χ3n) is 2.14. The Morgan fingerprint density at radius 3 is 2.20 bits per heavy atom. The van der Waals surface area contributed by atoms with Crippen LogP contribution in [0.4, 0.5) is 5.69 Å². The van der Waals surface area contributed by atoms with Crippen LogP contribution >= 0.6 is 0 Å². The second-order valence-electron chi connectivity index (χ2n) is 4.37. The van der Waals surface area contributed by atoms with Crippen molar-refractivity contribution in [2.24, 2.45) is 0 Å². The Morgan fingerprint density at radius 1 is 1.27 bits per heavy atom. The van der Waals surface area contributed by atoms with Crippen molar-refractivity contribution in [3.63, 3.8) is 0 Å². The maximum absolute atomic E-state index is 9.68. The van der Waals surface area contributed by atoms with Crippen LogP contribution in [0.25, 0.3) is 0 Å². The van der Waals surface area contributed by atoms with E-state index in [0.717, 1.165) is 11.4 Å². The summed E-state index contributed by atoms with van der Waals surface area (Å²) in [6.07, 6.45) is 0. The molecular weight excluding hydrogens is 190 g/mol. The van der Waals surface area contributed by atoms with Gasteiger partial charge in [0, 0.05) is 19.3 Å². The quantitative estimate of drug-likeness (QED) is 0.822. The lowest BCUT2D eigenvalue weighted by Crippen LogP contribution is -2.36. The number of aliphatic hydroxyl groups is 1. The Balaban J connectivity index is 2.70. The first-order valence-electron chi connectivity index (χ1n) is 5.00. The second-order valence-corrected chi connectivity index (χ2v) is 4.37. The molecule has 3 nitrogen and oxygen atoms in total. The molecule has 0 amide bonds. The number of likely N-dealkylation sites (N-methyl/N-ethyl adjacent to an activating group) is 1. The summed E-state index contributed by atoms with van der Waals surface area (Å²) >= 11 is 0. The molecule has 1 rings (SSSR count). The molecule has 1 aromatic carbocycles. The zero-order chi connectivity index (χ0) is 11.5. The number of ether oxygens (including phenoxy) is 1. The molecule has 84 valence electrons. The average Bonchev–Trinajstić information content (AvgIpc) is 2.15. The predicted molar refractivity (Wildman–Crippen MR) is 62.6 cm³/mol. The fraction of sp³-hybridized carbons (Fsp3) is 0.500. The normalized spacial score (nSPS) is 11.3. The smallest absolute Gasteiger partial charge is 0.119 e. The first-order chi connectivity index (χ1) is 6.92. The highest BCUT2D eigenvalue weighted by Crippen LogP contribution is 2.19. The third-order valence-corrected chi connectivity index (χ3v) is 2.14. The molecule has 0 radical (unpaired) electrons. The van der Waals surface area contributed by atoms with Gasteiger partial charge in [-0.15, -0.1) is 0 Å². The molecule has 0 aliphatic rings. The molecule has 0 fully saturated rings. The van der Waals surface area contributed by atoms with Crippen molar-refractivity contribution in [1.29, 1.82) is 0 Å². The van der Waals surface area contributed by atoms with E-state index in [1.54, 1.807) is 21.0 Å². The van der Waals surface area contributed by atoms with E-state index in [9.17, 15) is 5.11 Å². The first-order valence-corrected chi connectivity index (χ1v) is 5.00. The van der Waals surface area contributed by atoms with Gasteiger partial charge in [0.1, 0.15) is 5.75 Å². The van der Waals surface area contributed by atoms with Crippen LogP contribution in [0.3, 0.4) is 0 Å². The zero-order valence-corrected chi connectivity index (χ0v) is 9.82. The SMILES string of the molecule is COc1ccc(N(C)CC(C)(C)O)cc1. The number of anilines is 1. The van der Waals surface area contributed by atoms with E-state index in [1.165, 1.54) is 0 Å². The molecule has 0 saturated heterocycles. The number of hydrogen-bond donors (Lipinski definition) is 1. The monoisotopic (exact) mass is 209 g/mol. The van der Waals surface area contributed by atoms with E-state index in [0.29, 0.717) is 6.54 Å². The number of nitrogens with zero attached hydrogens (tertiary/aromatic N) is 1. The molecule has 0 bridgehead atoms. The molecular formula is C12H19NO2. The van der Waals surface area contributed by atoms with Crippen molar-refractivity contribution in [2.45, 2.75) is 19.4 Å². The van der Waals surface area contributed by atoms with Crippen LogP contribution in [-0.2, 0) is 0 Å². The minimum absolute atomic E-state index is 0.597. The van der Waals surface area contributed by atoms with Crippen molar-refractivity contribution in [3.8, 4) is 5.75 Å². The molecule has 0 heterocycles. The summed E-state index contributed by atoms with van der Waals surface area (Å²) in [4.78, 5) is 2.01. The summed E-state index contributed by atoms with van der Waals surface area (Å²) in [6.45, 7) is 4.19. The summed E-state index contributed by atoms with van der Waals surface area (Å²) < 4.78 is 5.08.